The van der Waals surface area contributed by atoms with Crippen molar-refractivity contribution in [2.24, 2.45) is 5.92 Å². The Bertz CT molecular complexity index is 402. The summed E-state index contributed by atoms with van der Waals surface area (Å²) in [6.07, 6.45) is 7.68. The largest absolute Gasteiger partial charge is 0.466 e. The van der Waals surface area contributed by atoms with Crippen LogP contribution in [-0.4, -0.2) is 42.8 Å². The zero-order chi connectivity index (χ0) is 13.1. The smallest absolute Gasteiger partial charge is 0.410 e. The molecule has 0 radical (unpaired) electrons. The molecule has 0 aliphatic carbocycles. The Labute approximate surface area is 106 Å². The van der Waals surface area contributed by atoms with Crippen LogP contribution in [0.5, 0.6) is 0 Å². The molecule has 2 heterocycles. The maximum absolute atomic E-state index is 11.9. The Morgan fingerprint density at radius 1 is 1.33 bits per heavy atom. The lowest BCUT2D eigenvalue weighted by atomic mass is 9.97. The lowest BCUT2D eigenvalue weighted by Gasteiger charge is -2.25. The average Bonchev–Trinajstić information content (AvgIpc) is 2.56. The summed E-state index contributed by atoms with van der Waals surface area (Å²) in [5.74, 6) is -0.561. The standard InChI is InChI=1S/C13H17NO4/c1-3-18-12(15)10-8-9-6-4-5-7-11(10)14(9)13(16)17-2/h4-7,9-11H,3,8H2,1-2H3/t9-,10+,11+/m1/s1. The number of allylic oxidation sites excluding steroid dienone is 2. The van der Waals surface area contributed by atoms with E-state index in [9.17, 15) is 9.59 Å². The fourth-order valence-electron chi connectivity index (χ4n) is 2.54. The van der Waals surface area contributed by atoms with Crippen LogP contribution in [-0.2, 0) is 14.3 Å². The van der Waals surface area contributed by atoms with E-state index >= 15 is 0 Å². The van der Waals surface area contributed by atoms with Gasteiger partial charge in [-0.1, -0.05) is 24.3 Å². The number of hydrogen-bond acceptors (Lipinski definition) is 4. The number of carbonyl (C=O) groups excluding carboxylic acids is 2. The van der Waals surface area contributed by atoms with Gasteiger partial charge >= 0.3 is 12.1 Å². The monoisotopic (exact) mass is 251 g/mol. The second-order valence-corrected chi connectivity index (χ2v) is 4.30. The molecule has 2 bridgehead atoms. The van der Waals surface area contributed by atoms with Gasteiger partial charge in [-0.2, -0.15) is 0 Å². The molecule has 5 heteroatoms. The first-order chi connectivity index (χ1) is 8.69. The Morgan fingerprint density at radius 2 is 2.06 bits per heavy atom. The summed E-state index contributed by atoms with van der Waals surface area (Å²) >= 11 is 0. The first kappa shape index (κ1) is 12.7. The predicted molar refractivity (Wildman–Crippen MR) is 64.8 cm³/mol. The van der Waals surface area contributed by atoms with E-state index in [-0.39, 0.29) is 24.0 Å². The molecule has 2 aliphatic heterocycles. The van der Waals surface area contributed by atoms with Crippen molar-refractivity contribution in [3.8, 4) is 0 Å². The van der Waals surface area contributed by atoms with Crippen molar-refractivity contribution in [2.45, 2.75) is 25.4 Å². The van der Waals surface area contributed by atoms with Gasteiger partial charge in [0.15, 0.2) is 0 Å². The molecule has 0 aromatic heterocycles. The van der Waals surface area contributed by atoms with E-state index in [2.05, 4.69) is 0 Å². The molecule has 3 atom stereocenters. The summed E-state index contributed by atoms with van der Waals surface area (Å²) in [5.41, 5.74) is 0. The minimum Gasteiger partial charge on any atom is -0.466 e. The van der Waals surface area contributed by atoms with Crippen molar-refractivity contribution < 1.29 is 19.1 Å². The SMILES string of the molecule is CCOC(=O)[C@H]1C[C@H]2C=CC=C[C@@H]1N2C(=O)OC. The van der Waals surface area contributed by atoms with E-state index in [0.29, 0.717) is 13.0 Å². The molecule has 1 amide bonds. The molecule has 98 valence electrons. The Balaban J connectivity index is 2.24. The molecule has 1 saturated heterocycles. The fraction of sp³-hybridized carbons (Fsp3) is 0.538. The quantitative estimate of drug-likeness (QED) is 0.698. The highest BCUT2D eigenvalue weighted by Crippen LogP contribution is 2.34. The van der Waals surface area contributed by atoms with Crippen LogP contribution in [0.2, 0.25) is 0 Å². The number of methoxy groups -OCH3 is 1. The number of ether oxygens (including phenoxy) is 2. The van der Waals surface area contributed by atoms with Crippen LogP contribution in [0.25, 0.3) is 0 Å². The minimum absolute atomic E-state index is 0.105. The predicted octanol–water partition coefficient (Wildman–Crippen LogP) is 1.50. The van der Waals surface area contributed by atoms with Crippen molar-refractivity contribution >= 4 is 12.1 Å². The van der Waals surface area contributed by atoms with Crippen molar-refractivity contribution in [3.63, 3.8) is 0 Å². The number of amides is 1. The van der Waals surface area contributed by atoms with Gasteiger partial charge in [0.2, 0.25) is 0 Å². The van der Waals surface area contributed by atoms with Gasteiger partial charge in [0.25, 0.3) is 0 Å². The molecule has 0 unspecified atom stereocenters. The van der Waals surface area contributed by atoms with Crippen LogP contribution >= 0.6 is 0 Å². The maximum atomic E-state index is 11.9. The van der Waals surface area contributed by atoms with E-state index in [1.807, 2.05) is 24.3 Å². The molecule has 1 fully saturated rings. The Kier molecular flexibility index (Phi) is 3.69. The summed E-state index contributed by atoms with van der Waals surface area (Å²) in [6.45, 7) is 2.13. The third-order valence-corrected chi connectivity index (χ3v) is 3.31. The maximum Gasteiger partial charge on any atom is 0.410 e. The van der Waals surface area contributed by atoms with E-state index in [1.54, 1.807) is 11.8 Å². The van der Waals surface area contributed by atoms with Crippen LogP contribution < -0.4 is 0 Å². The molecule has 2 rings (SSSR count). The third-order valence-electron chi connectivity index (χ3n) is 3.31. The third kappa shape index (κ3) is 2.12. The summed E-state index contributed by atoms with van der Waals surface area (Å²) in [6, 6.07) is -0.386. The second kappa shape index (κ2) is 5.25. The van der Waals surface area contributed by atoms with Gasteiger partial charge in [0.1, 0.15) is 0 Å². The normalized spacial score (nSPS) is 29.0. The molecule has 0 spiro atoms. The van der Waals surface area contributed by atoms with E-state index in [1.165, 1.54) is 7.11 Å². The zero-order valence-electron chi connectivity index (χ0n) is 10.5. The second-order valence-electron chi connectivity index (χ2n) is 4.30. The lowest BCUT2D eigenvalue weighted by molar-refractivity contribution is -0.148. The van der Waals surface area contributed by atoms with Crippen molar-refractivity contribution in [3.05, 3.63) is 24.3 Å². The molecular weight excluding hydrogens is 234 g/mol. The number of fused-ring (bicyclic) bond motifs is 2. The molecular formula is C13H17NO4. The Hall–Kier alpha value is -1.78. The van der Waals surface area contributed by atoms with E-state index in [4.69, 9.17) is 9.47 Å². The molecule has 0 N–H and O–H groups in total. The number of hydrogen-bond donors (Lipinski definition) is 0. The Morgan fingerprint density at radius 3 is 2.72 bits per heavy atom. The number of carbonyl (C=O) groups is 2. The zero-order valence-corrected chi connectivity index (χ0v) is 10.5. The van der Waals surface area contributed by atoms with Gasteiger partial charge < -0.3 is 9.47 Å². The van der Waals surface area contributed by atoms with E-state index < -0.39 is 6.09 Å². The van der Waals surface area contributed by atoms with Gasteiger partial charge in [-0.3, -0.25) is 9.69 Å². The summed E-state index contributed by atoms with van der Waals surface area (Å²) in [4.78, 5) is 25.3. The average molecular weight is 251 g/mol. The summed E-state index contributed by atoms with van der Waals surface area (Å²) in [5, 5.41) is 0. The van der Waals surface area contributed by atoms with Gasteiger partial charge in [-0.25, -0.2) is 4.79 Å². The molecule has 0 aromatic rings. The topological polar surface area (TPSA) is 55.8 Å². The highest BCUT2D eigenvalue weighted by Gasteiger charge is 2.46. The van der Waals surface area contributed by atoms with Crippen LogP contribution in [0.15, 0.2) is 24.3 Å². The molecule has 18 heavy (non-hydrogen) atoms. The highest BCUT2D eigenvalue weighted by atomic mass is 16.5. The van der Waals surface area contributed by atoms with Crippen LogP contribution in [0.4, 0.5) is 4.79 Å². The molecule has 0 saturated carbocycles. The van der Waals surface area contributed by atoms with Crippen molar-refractivity contribution in [1.29, 1.82) is 0 Å². The highest BCUT2D eigenvalue weighted by molar-refractivity contribution is 5.78. The summed E-state index contributed by atoms with van der Waals surface area (Å²) in [7, 11) is 1.35. The summed E-state index contributed by atoms with van der Waals surface area (Å²) < 4.78 is 9.84. The number of rotatable bonds is 2. The van der Waals surface area contributed by atoms with Crippen LogP contribution in [0.3, 0.4) is 0 Å². The van der Waals surface area contributed by atoms with Crippen molar-refractivity contribution in [1.82, 2.24) is 4.90 Å². The van der Waals surface area contributed by atoms with Crippen LogP contribution in [0.1, 0.15) is 13.3 Å². The van der Waals surface area contributed by atoms with Gasteiger partial charge in [-0.15, -0.1) is 0 Å². The number of nitrogens with zero attached hydrogens (tertiary/aromatic N) is 1. The van der Waals surface area contributed by atoms with Gasteiger partial charge in [0.05, 0.1) is 31.7 Å². The van der Waals surface area contributed by atoms with Gasteiger partial charge in [0, 0.05) is 0 Å². The number of esters is 1. The minimum atomic E-state index is -0.409. The van der Waals surface area contributed by atoms with Crippen LogP contribution in [0, 0.1) is 5.92 Å². The lowest BCUT2D eigenvalue weighted by Crippen LogP contribution is -2.41. The van der Waals surface area contributed by atoms with Gasteiger partial charge in [-0.05, 0) is 13.3 Å². The van der Waals surface area contributed by atoms with Crippen molar-refractivity contribution in [2.75, 3.05) is 13.7 Å². The molecule has 5 nitrogen and oxygen atoms in total. The first-order valence-electron chi connectivity index (χ1n) is 6.07. The molecule has 2 aliphatic rings. The molecule has 0 aromatic carbocycles. The fourth-order valence-corrected chi connectivity index (χ4v) is 2.54. The van der Waals surface area contributed by atoms with E-state index in [0.717, 1.165) is 0 Å². The first-order valence-corrected chi connectivity index (χ1v) is 6.07.